The van der Waals surface area contributed by atoms with Gasteiger partial charge in [-0.15, -0.1) is 0 Å². The Labute approximate surface area is 134 Å². The molecule has 2 aromatic rings. The molecule has 2 aromatic carbocycles. The number of amides is 1. The Morgan fingerprint density at radius 3 is 2.57 bits per heavy atom. The summed E-state index contributed by atoms with van der Waals surface area (Å²) < 4.78 is 18.6. The van der Waals surface area contributed by atoms with Crippen LogP contribution in [-0.4, -0.2) is 35.2 Å². The molecule has 0 spiro atoms. The molecule has 1 aliphatic heterocycles. The third-order valence-electron chi connectivity index (χ3n) is 3.96. The normalized spacial score (nSPS) is 20.5. The van der Waals surface area contributed by atoms with Crippen LogP contribution in [0.2, 0.25) is 0 Å². The van der Waals surface area contributed by atoms with Crippen molar-refractivity contribution >= 4 is 5.91 Å². The van der Waals surface area contributed by atoms with Gasteiger partial charge in [0.15, 0.2) is 6.61 Å². The van der Waals surface area contributed by atoms with Crippen LogP contribution in [0.1, 0.15) is 18.0 Å². The SMILES string of the molecule is O=C(COc1ccccc1)N1C[C@H](O)C[C@@H]1c1ccc(F)cc1. The summed E-state index contributed by atoms with van der Waals surface area (Å²) in [6.07, 6.45) is -0.131. The number of ether oxygens (including phenoxy) is 1. The number of rotatable bonds is 4. The molecule has 0 aliphatic carbocycles. The maximum absolute atomic E-state index is 13.1. The lowest BCUT2D eigenvalue weighted by atomic mass is 10.0. The molecule has 120 valence electrons. The first-order valence-corrected chi connectivity index (χ1v) is 7.54. The standard InChI is InChI=1S/C18H18FNO3/c19-14-8-6-13(7-9-14)17-10-15(21)11-20(17)18(22)12-23-16-4-2-1-3-5-16/h1-9,15,17,21H,10-12H2/t15-,17-/m1/s1. The predicted octanol–water partition coefficient (Wildman–Crippen LogP) is 2.54. The molecule has 0 radical (unpaired) electrons. The number of likely N-dealkylation sites (tertiary alicyclic amines) is 1. The van der Waals surface area contributed by atoms with Gasteiger partial charge in [-0.3, -0.25) is 4.79 Å². The lowest BCUT2D eigenvalue weighted by Crippen LogP contribution is -2.35. The van der Waals surface area contributed by atoms with Gasteiger partial charge in [0.1, 0.15) is 11.6 Å². The van der Waals surface area contributed by atoms with Gasteiger partial charge in [0.05, 0.1) is 12.1 Å². The van der Waals surface area contributed by atoms with Gasteiger partial charge < -0.3 is 14.7 Å². The van der Waals surface area contributed by atoms with Crippen LogP contribution in [-0.2, 0) is 4.79 Å². The molecule has 1 saturated heterocycles. The number of para-hydroxylation sites is 1. The highest BCUT2D eigenvalue weighted by molar-refractivity contribution is 5.78. The second-order valence-corrected chi connectivity index (χ2v) is 5.60. The minimum absolute atomic E-state index is 0.0889. The third-order valence-corrected chi connectivity index (χ3v) is 3.96. The number of aliphatic hydroxyl groups is 1. The van der Waals surface area contributed by atoms with Crippen LogP contribution in [0.4, 0.5) is 4.39 Å². The van der Waals surface area contributed by atoms with Crippen molar-refractivity contribution in [3.05, 3.63) is 66.0 Å². The van der Waals surface area contributed by atoms with Crippen LogP contribution in [0.5, 0.6) is 5.75 Å². The molecule has 1 heterocycles. The largest absolute Gasteiger partial charge is 0.484 e. The minimum atomic E-state index is -0.578. The highest BCUT2D eigenvalue weighted by Crippen LogP contribution is 2.32. The Morgan fingerprint density at radius 1 is 1.17 bits per heavy atom. The molecule has 3 rings (SSSR count). The number of halogens is 1. The lowest BCUT2D eigenvalue weighted by molar-refractivity contribution is -0.134. The smallest absolute Gasteiger partial charge is 0.261 e. The van der Waals surface area contributed by atoms with Gasteiger partial charge in [-0.25, -0.2) is 4.39 Å². The third kappa shape index (κ3) is 3.68. The van der Waals surface area contributed by atoms with Crippen molar-refractivity contribution in [1.82, 2.24) is 4.90 Å². The molecular weight excluding hydrogens is 297 g/mol. The molecule has 2 atom stereocenters. The zero-order valence-electron chi connectivity index (χ0n) is 12.6. The van der Waals surface area contributed by atoms with E-state index in [4.69, 9.17) is 4.74 Å². The van der Waals surface area contributed by atoms with E-state index in [0.717, 1.165) is 5.56 Å². The van der Waals surface area contributed by atoms with Crippen LogP contribution in [0, 0.1) is 5.82 Å². The fourth-order valence-electron chi connectivity index (χ4n) is 2.84. The van der Waals surface area contributed by atoms with Gasteiger partial charge in [-0.2, -0.15) is 0 Å². The second kappa shape index (κ2) is 6.79. The van der Waals surface area contributed by atoms with E-state index in [2.05, 4.69) is 0 Å². The van der Waals surface area contributed by atoms with Crippen LogP contribution in [0.15, 0.2) is 54.6 Å². The number of hydrogen-bond acceptors (Lipinski definition) is 3. The van der Waals surface area contributed by atoms with Crippen LogP contribution in [0.25, 0.3) is 0 Å². The molecule has 1 fully saturated rings. The highest BCUT2D eigenvalue weighted by Gasteiger charge is 2.35. The van der Waals surface area contributed by atoms with Gasteiger partial charge >= 0.3 is 0 Å². The lowest BCUT2D eigenvalue weighted by Gasteiger charge is -2.24. The van der Waals surface area contributed by atoms with Crippen molar-refractivity contribution in [2.24, 2.45) is 0 Å². The van der Waals surface area contributed by atoms with E-state index in [-0.39, 0.29) is 30.9 Å². The maximum Gasteiger partial charge on any atom is 0.261 e. The number of hydrogen-bond donors (Lipinski definition) is 1. The Balaban J connectivity index is 1.69. The van der Waals surface area contributed by atoms with Crippen molar-refractivity contribution < 1.29 is 19.0 Å². The molecule has 5 heteroatoms. The highest BCUT2D eigenvalue weighted by atomic mass is 19.1. The van der Waals surface area contributed by atoms with Crippen LogP contribution >= 0.6 is 0 Å². The summed E-state index contributed by atoms with van der Waals surface area (Å²) in [7, 11) is 0. The van der Waals surface area contributed by atoms with E-state index in [1.807, 2.05) is 18.2 Å². The van der Waals surface area contributed by atoms with E-state index >= 15 is 0 Å². The minimum Gasteiger partial charge on any atom is -0.484 e. The molecule has 1 aliphatic rings. The second-order valence-electron chi connectivity index (χ2n) is 5.60. The molecule has 0 unspecified atom stereocenters. The Bertz CT molecular complexity index is 660. The topological polar surface area (TPSA) is 49.8 Å². The summed E-state index contributed by atoms with van der Waals surface area (Å²) in [5.41, 5.74) is 0.816. The van der Waals surface area contributed by atoms with Crippen molar-refractivity contribution in [2.75, 3.05) is 13.2 Å². The van der Waals surface area contributed by atoms with Gasteiger partial charge in [0, 0.05) is 6.54 Å². The summed E-state index contributed by atoms with van der Waals surface area (Å²) in [5, 5.41) is 9.91. The first-order valence-electron chi connectivity index (χ1n) is 7.54. The van der Waals surface area contributed by atoms with Gasteiger partial charge in [-0.05, 0) is 36.2 Å². The fraction of sp³-hybridized carbons (Fsp3) is 0.278. The summed E-state index contributed by atoms with van der Waals surface area (Å²) in [6.45, 7) is 0.174. The summed E-state index contributed by atoms with van der Waals surface area (Å²) in [5.74, 6) is 0.108. The first kappa shape index (κ1) is 15.5. The van der Waals surface area contributed by atoms with Crippen molar-refractivity contribution in [1.29, 1.82) is 0 Å². The van der Waals surface area contributed by atoms with E-state index in [1.54, 1.807) is 29.2 Å². The zero-order valence-corrected chi connectivity index (χ0v) is 12.6. The van der Waals surface area contributed by atoms with Crippen molar-refractivity contribution in [3.63, 3.8) is 0 Å². The first-order chi connectivity index (χ1) is 11.1. The summed E-state index contributed by atoms with van der Waals surface area (Å²) in [6, 6.07) is 14.9. The Morgan fingerprint density at radius 2 is 1.87 bits per heavy atom. The quantitative estimate of drug-likeness (QED) is 0.943. The molecular formula is C18H18FNO3. The van der Waals surface area contributed by atoms with Crippen molar-refractivity contribution in [3.8, 4) is 5.75 Å². The van der Waals surface area contributed by atoms with E-state index in [9.17, 15) is 14.3 Å². The molecule has 0 aromatic heterocycles. The number of β-amino-alcohol motifs (C(OH)–C–C–N with tert-alkyl or cyclic N) is 1. The molecule has 1 amide bonds. The summed E-state index contributed by atoms with van der Waals surface area (Å²) in [4.78, 5) is 14.0. The number of nitrogens with zero attached hydrogens (tertiary/aromatic N) is 1. The fourth-order valence-corrected chi connectivity index (χ4v) is 2.84. The monoisotopic (exact) mass is 315 g/mol. The average molecular weight is 315 g/mol. The van der Waals surface area contributed by atoms with Crippen molar-refractivity contribution in [2.45, 2.75) is 18.6 Å². The van der Waals surface area contributed by atoms with Gasteiger partial charge in [0.25, 0.3) is 5.91 Å². The maximum atomic E-state index is 13.1. The van der Waals surface area contributed by atoms with Crippen LogP contribution < -0.4 is 4.74 Å². The molecule has 0 bridgehead atoms. The van der Waals surface area contributed by atoms with E-state index in [1.165, 1.54) is 12.1 Å². The zero-order chi connectivity index (χ0) is 16.2. The predicted molar refractivity (Wildman–Crippen MR) is 83.4 cm³/mol. The van der Waals surface area contributed by atoms with Gasteiger partial charge in [0.2, 0.25) is 0 Å². The number of carbonyl (C=O) groups excluding carboxylic acids is 1. The average Bonchev–Trinajstić information content (AvgIpc) is 2.96. The van der Waals surface area contributed by atoms with E-state index < -0.39 is 6.10 Å². The summed E-state index contributed by atoms with van der Waals surface area (Å²) >= 11 is 0. The molecule has 0 saturated carbocycles. The number of aliphatic hydroxyl groups excluding tert-OH is 1. The molecule has 23 heavy (non-hydrogen) atoms. The molecule has 1 N–H and O–H groups in total. The Kier molecular flexibility index (Phi) is 4.57. The number of carbonyl (C=O) groups is 1. The Hall–Kier alpha value is -2.40. The number of benzene rings is 2. The van der Waals surface area contributed by atoms with E-state index in [0.29, 0.717) is 12.2 Å². The molecule has 4 nitrogen and oxygen atoms in total. The van der Waals surface area contributed by atoms with Crippen LogP contribution in [0.3, 0.4) is 0 Å². The van der Waals surface area contributed by atoms with Gasteiger partial charge in [-0.1, -0.05) is 30.3 Å².